The summed E-state index contributed by atoms with van der Waals surface area (Å²) < 4.78 is 0. The molecule has 0 nitrogen and oxygen atoms in total. The Balaban J connectivity index is 1.06. The van der Waals surface area contributed by atoms with Crippen LogP contribution in [0.25, 0.3) is 98.0 Å². The molecule has 0 aliphatic heterocycles. The zero-order valence-electron chi connectivity index (χ0n) is 33.2. The van der Waals surface area contributed by atoms with Crippen LogP contribution in [0.15, 0.2) is 170 Å². The van der Waals surface area contributed by atoms with Crippen LogP contribution in [0, 0.1) is 0 Å². The van der Waals surface area contributed by atoms with E-state index in [4.69, 9.17) is 0 Å². The maximum atomic E-state index is 2.42. The molecule has 0 radical (unpaired) electrons. The van der Waals surface area contributed by atoms with Crippen LogP contribution in [-0.4, -0.2) is 16.1 Å². The zero-order valence-corrected chi connectivity index (χ0v) is 35.2. The molecule has 10 aromatic rings. The second kappa shape index (κ2) is 12.9. The molecule has 10 aromatic carbocycles. The molecule has 0 heterocycles. The van der Waals surface area contributed by atoms with E-state index >= 15 is 0 Å². The van der Waals surface area contributed by atoms with E-state index in [-0.39, 0.29) is 0 Å². The van der Waals surface area contributed by atoms with E-state index in [9.17, 15) is 0 Å². The predicted molar refractivity (Wildman–Crippen MR) is 254 cm³/mol. The van der Waals surface area contributed by atoms with E-state index < -0.39 is 16.1 Å². The van der Waals surface area contributed by atoms with Gasteiger partial charge in [-0.05, 0) is 110 Å². The normalized spacial score (nSPS) is 12.5. The van der Waals surface area contributed by atoms with E-state index in [1.54, 1.807) is 0 Å². The summed E-state index contributed by atoms with van der Waals surface area (Å²) in [5, 5.41) is 18.6. The van der Waals surface area contributed by atoms with Gasteiger partial charge in [-0.3, -0.25) is 0 Å². The monoisotopic (exact) mass is 750 g/mol. The highest BCUT2D eigenvalue weighted by molar-refractivity contribution is 6.89. The second-order valence-corrected chi connectivity index (χ2v) is 27.9. The Bertz CT molecular complexity index is 2990. The lowest BCUT2D eigenvalue weighted by atomic mass is 9.88. The lowest BCUT2D eigenvalue weighted by molar-refractivity contribution is 1.65. The summed E-state index contributed by atoms with van der Waals surface area (Å²) in [5.41, 5.74) is 7.56. The van der Waals surface area contributed by atoms with E-state index in [1.165, 1.54) is 108 Å². The fraction of sp³-hybridized carbons (Fsp3) is 0.111. The minimum Gasteiger partial charge on any atom is -0.0656 e. The molecule has 0 N–H and O–H groups in total. The third-order valence-corrected chi connectivity index (χ3v) is 16.2. The molecular formula is C54H46Si2. The molecule has 270 valence electrons. The van der Waals surface area contributed by atoms with Crippen LogP contribution in [0.2, 0.25) is 39.3 Å². The summed E-state index contributed by atoms with van der Waals surface area (Å²) in [5.74, 6) is 0. The molecule has 0 spiro atoms. The minimum absolute atomic E-state index is 1.25. The predicted octanol–water partition coefficient (Wildman–Crippen LogP) is 14.7. The van der Waals surface area contributed by atoms with Gasteiger partial charge in [0, 0.05) is 0 Å². The molecule has 0 saturated heterocycles. The lowest BCUT2D eigenvalue weighted by Crippen LogP contribution is -2.37. The molecular weight excluding hydrogens is 705 g/mol. The number of fused-ring (bicyclic) bond motifs is 8. The summed E-state index contributed by atoms with van der Waals surface area (Å²) >= 11 is 0. The van der Waals surface area contributed by atoms with Gasteiger partial charge < -0.3 is 0 Å². The third-order valence-electron chi connectivity index (χ3n) is 12.2. The van der Waals surface area contributed by atoms with Gasteiger partial charge in [0.2, 0.25) is 0 Å². The van der Waals surface area contributed by atoms with Crippen molar-refractivity contribution in [3.8, 4) is 33.4 Å². The lowest BCUT2D eigenvalue weighted by Gasteiger charge is -2.18. The van der Waals surface area contributed by atoms with Crippen LogP contribution >= 0.6 is 0 Å². The van der Waals surface area contributed by atoms with Crippen molar-refractivity contribution in [2.75, 3.05) is 0 Å². The highest BCUT2D eigenvalue weighted by Gasteiger charge is 2.19. The minimum atomic E-state index is -1.38. The Morgan fingerprint density at radius 1 is 0.250 bits per heavy atom. The molecule has 56 heavy (non-hydrogen) atoms. The first-order chi connectivity index (χ1) is 27.0. The summed E-state index contributed by atoms with van der Waals surface area (Å²) in [6.45, 7) is 14.5. The van der Waals surface area contributed by atoms with Crippen LogP contribution < -0.4 is 10.4 Å². The van der Waals surface area contributed by atoms with Crippen molar-refractivity contribution in [2.24, 2.45) is 0 Å². The van der Waals surface area contributed by atoms with Gasteiger partial charge >= 0.3 is 0 Å². The van der Waals surface area contributed by atoms with Gasteiger partial charge in [0.1, 0.15) is 0 Å². The first-order valence-electron chi connectivity index (χ1n) is 20.0. The Hall–Kier alpha value is -5.81. The Morgan fingerprint density at radius 3 is 0.911 bits per heavy atom. The van der Waals surface area contributed by atoms with E-state index in [1.807, 2.05) is 0 Å². The number of benzene rings is 10. The summed E-state index contributed by atoms with van der Waals surface area (Å²) in [7, 11) is -2.76. The van der Waals surface area contributed by atoms with Crippen molar-refractivity contribution in [3.63, 3.8) is 0 Å². The number of rotatable bonds is 5. The average Bonchev–Trinajstić information content (AvgIpc) is 3.21. The van der Waals surface area contributed by atoms with Gasteiger partial charge in [0.15, 0.2) is 0 Å². The maximum absolute atomic E-state index is 2.42. The fourth-order valence-electron chi connectivity index (χ4n) is 9.00. The van der Waals surface area contributed by atoms with Crippen LogP contribution in [0.3, 0.4) is 0 Å². The van der Waals surface area contributed by atoms with Crippen LogP contribution in [0.1, 0.15) is 0 Å². The Labute approximate surface area is 332 Å². The van der Waals surface area contributed by atoms with Crippen LogP contribution in [-0.2, 0) is 0 Å². The molecule has 0 bridgehead atoms. The van der Waals surface area contributed by atoms with Gasteiger partial charge in [-0.25, -0.2) is 0 Å². The van der Waals surface area contributed by atoms with Crippen molar-refractivity contribution < 1.29 is 0 Å². The number of hydrogen-bond acceptors (Lipinski definition) is 0. The van der Waals surface area contributed by atoms with Gasteiger partial charge in [-0.15, -0.1) is 0 Å². The van der Waals surface area contributed by atoms with Crippen molar-refractivity contribution in [1.82, 2.24) is 0 Å². The molecule has 0 saturated carbocycles. The molecule has 0 aliphatic rings. The summed E-state index contributed by atoms with van der Waals surface area (Å²) in [6.07, 6.45) is 0. The zero-order chi connectivity index (χ0) is 38.3. The van der Waals surface area contributed by atoms with Crippen LogP contribution in [0.4, 0.5) is 0 Å². The van der Waals surface area contributed by atoms with Crippen LogP contribution in [0.5, 0.6) is 0 Å². The SMILES string of the molecule is C[Si](C)(C)c1ccc2c(ccc3cc(-c4cccc5c(-c6cccc7c(-c8ccc9c(ccc%10cc([Si](C)(C)C)ccc%109)c8)cccc67)cccc45)ccc32)c1. The molecule has 0 fully saturated rings. The maximum Gasteiger partial charge on any atom is 0.0776 e. The number of hydrogen-bond donors (Lipinski definition) is 0. The quantitative estimate of drug-likeness (QED) is 0.121. The summed E-state index contributed by atoms with van der Waals surface area (Å²) in [6, 6.07) is 64.8. The first-order valence-corrected chi connectivity index (χ1v) is 27.0. The van der Waals surface area contributed by atoms with E-state index in [0.29, 0.717) is 0 Å². The van der Waals surface area contributed by atoms with E-state index in [2.05, 4.69) is 209 Å². The molecule has 0 atom stereocenters. The third kappa shape index (κ3) is 5.79. The van der Waals surface area contributed by atoms with Gasteiger partial charge in [-0.1, -0.05) is 207 Å². The van der Waals surface area contributed by atoms with Crippen molar-refractivity contribution in [1.29, 1.82) is 0 Å². The highest BCUT2D eigenvalue weighted by atomic mass is 28.3. The smallest absolute Gasteiger partial charge is 0.0656 e. The molecule has 0 amide bonds. The van der Waals surface area contributed by atoms with Gasteiger partial charge in [0.05, 0.1) is 16.1 Å². The van der Waals surface area contributed by atoms with Crippen molar-refractivity contribution >= 4 is 91.2 Å². The topological polar surface area (TPSA) is 0 Å². The molecule has 0 aromatic heterocycles. The first kappa shape index (κ1) is 34.7. The highest BCUT2D eigenvalue weighted by Crippen LogP contribution is 2.41. The molecule has 2 heteroatoms. The van der Waals surface area contributed by atoms with Crippen molar-refractivity contribution in [2.45, 2.75) is 39.3 Å². The van der Waals surface area contributed by atoms with Gasteiger partial charge in [0.25, 0.3) is 0 Å². The standard InChI is InChI=1S/C54H46Si2/c1-55(2,3)41-25-29-47-39(33-41)21-19-35-31-37(23-27-45(35)47)43-11-7-15-51-49(43)13-9-17-53(51)54-18-10-14-50-44(12-8-16-52(50)54)38-24-28-46-36(32-38)20-22-40-34-42(56(4,5)6)26-30-48(40)46/h7-34H,1-6H3. The fourth-order valence-corrected chi connectivity index (χ4v) is 11.3. The largest absolute Gasteiger partial charge is 0.0776 e. The molecule has 10 rings (SSSR count). The van der Waals surface area contributed by atoms with Crippen molar-refractivity contribution in [3.05, 3.63) is 170 Å². The van der Waals surface area contributed by atoms with E-state index in [0.717, 1.165) is 0 Å². The molecule has 0 unspecified atom stereocenters. The Kier molecular flexibility index (Phi) is 7.97. The second-order valence-electron chi connectivity index (χ2n) is 17.8. The Morgan fingerprint density at radius 2 is 0.554 bits per heavy atom. The summed E-state index contributed by atoms with van der Waals surface area (Å²) in [4.78, 5) is 0. The average molecular weight is 751 g/mol. The molecule has 0 aliphatic carbocycles. The van der Waals surface area contributed by atoms with Gasteiger partial charge in [-0.2, -0.15) is 0 Å².